The van der Waals surface area contributed by atoms with Crippen molar-refractivity contribution < 1.29 is 9.13 Å². The molecule has 2 fully saturated rings. The van der Waals surface area contributed by atoms with E-state index in [-0.39, 0.29) is 18.0 Å². The number of morpholine rings is 1. The van der Waals surface area contributed by atoms with Crippen molar-refractivity contribution in [3.8, 4) is 0 Å². The van der Waals surface area contributed by atoms with Gasteiger partial charge in [0.15, 0.2) is 11.6 Å². The first-order chi connectivity index (χ1) is 10.2. The van der Waals surface area contributed by atoms with Gasteiger partial charge in [-0.2, -0.15) is 0 Å². The molecule has 2 atom stereocenters. The molecule has 1 aliphatic carbocycles. The molecule has 0 amide bonds. The molecule has 21 heavy (non-hydrogen) atoms. The van der Waals surface area contributed by atoms with E-state index in [1.165, 1.54) is 12.8 Å². The summed E-state index contributed by atoms with van der Waals surface area (Å²) >= 11 is 0. The van der Waals surface area contributed by atoms with Crippen LogP contribution in [0.2, 0.25) is 0 Å². The second-order valence-corrected chi connectivity index (χ2v) is 6.12. The highest BCUT2D eigenvalue weighted by Crippen LogP contribution is 2.26. The van der Waals surface area contributed by atoms with Crippen molar-refractivity contribution >= 4 is 5.82 Å². The molecule has 0 aromatic carbocycles. The third kappa shape index (κ3) is 3.35. The predicted octanol–water partition coefficient (Wildman–Crippen LogP) is 2.48. The predicted molar refractivity (Wildman–Crippen MR) is 80.9 cm³/mol. The Morgan fingerprint density at radius 1 is 1.48 bits per heavy atom. The monoisotopic (exact) mass is 293 g/mol. The zero-order valence-electron chi connectivity index (χ0n) is 12.8. The number of hydrogen-bond acceptors (Lipinski definition) is 4. The SMILES string of the molecule is CCC1COC(C)CN1c1nccc(CNC2CC2)c1F. The first kappa shape index (κ1) is 14.7. The molecular weight excluding hydrogens is 269 g/mol. The number of nitrogens with zero attached hydrogens (tertiary/aromatic N) is 2. The van der Waals surface area contributed by atoms with E-state index >= 15 is 0 Å². The van der Waals surface area contributed by atoms with Gasteiger partial charge in [0, 0.05) is 30.9 Å². The number of nitrogens with one attached hydrogen (secondary N) is 1. The molecule has 2 unspecified atom stereocenters. The highest BCUT2D eigenvalue weighted by molar-refractivity contribution is 5.45. The zero-order valence-corrected chi connectivity index (χ0v) is 12.8. The first-order valence-corrected chi connectivity index (χ1v) is 7.94. The third-order valence-corrected chi connectivity index (χ3v) is 4.32. The maximum Gasteiger partial charge on any atom is 0.170 e. The fourth-order valence-electron chi connectivity index (χ4n) is 2.79. The summed E-state index contributed by atoms with van der Waals surface area (Å²) in [6, 6.07) is 2.56. The Morgan fingerprint density at radius 2 is 2.29 bits per heavy atom. The Labute approximate surface area is 125 Å². The molecule has 3 rings (SSSR count). The minimum absolute atomic E-state index is 0.113. The van der Waals surface area contributed by atoms with Gasteiger partial charge in [0.05, 0.1) is 18.8 Å². The average Bonchev–Trinajstić information content (AvgIpc) is 3.30. The maximum absolute atomic E-state index is 14.8. The topological polar surface area (TPSA) is 37.4 Å². The number of ether oxygens (including phenoxy) is 1. The standard InChI is InChI=1S/C16H24FN3O/c1-3-14-10-21-11(2)9-20(14)16-15(17)12(6-7-18-16)8-19-13-4-5-13/h6-7,11,13-14,19H,3-5,8-10H2,1-2H3. The van der Waals surface area contributed by atoms with Crippen LogP contribution in [0.25, 0.3) is 0 Å². The van der Waals surface area contributed by atoms with Crippen LogP contribution in [0.5, 0.6) is 0 Å². The number of anilines is 1. The Bertz CT molecular complexity index is 492. The summed E-state index contributed by atoms with van der Waals surface area (Å²) in [5, 5.41) is 3.37. The van der Waals surface area contributed by atoms with Crippen LogP contribution >= 0.6 is 0 Å². The van der Waals surface area contributed by atoms with E-state index in [2.05, 4.69) is 22.1 Å². The van der Waals surface area contributed by atoms with Crippen molar-refractivity contribution in [2.45, 2.75) is 57.8 Å². The van der Waals surface area contributed by atoms with Crippen LogP contribution < -0.4 is 10.2 Å². The molecule has 1 aliphatic heterocycles. The van der Waals surface area contributed by atoms with Crippen LogP contribution in [-0.2, 0) is 11.3 Å². The lowest BCUT2D eigenvalue weighted by Crippen LogP contribution is -2.49. The van der Waals surface area contributed by atoms with Crippen LogP contribution in [0.3, 0.4) is 0 Å². The van der Waals surface area contributed by atoms with Crippen molar-refractivity contribution in [3.05, 3.63) is 23.6 Å². The lowest BCUT2D eigenvalue weighted by Gasteiger charge is -2.39. The summed E-state index contributed by atoms with van der Waals surface area (Å²) in [6.45, 7) is 6.05. The molecule has 1 aromatic heterocycles. The fourth-order valence-corrected chi connectivity index (χ4v) is 2.79. The normalized spacial score (nSPS) is 26.1. The Kier molecular flexibility index (Phi) is 4.40. The van der Waals surface area contributed by atoms with Gasteiger partial charge in [0.2, 0.25) is 0 Å². The Hall–Kier alpha value is -1.20. The van der Waals surface area contributed by atoms with Crippen molar-refractivity contribution in [1.82, 2.24) is 10.3 Å². The smallest absolute Gasteiger partial charge is 0.170 e. The molecule has 1 saturated carbocycles. The second kappa shape index (κ2) is 6.28. The van der Waals surface area contributed by atoms with Gasteiger partial charge < -0.3 is 15.0 Å². The molecule has 116 valence electrons. The molecule has 1 aromatic rings. The van der Waals surface area contributed by atoms with E-state index < -0.39 is 0 Å². The average molecular weight is 293 g/mol. The van der Waals surface area contributed by atoms with E-state index in [0.717, 1.165) is 6.42 Å². The van der Waals surface area contributed by atoms with Gasteiger partial charge in [-0.3, -0.25) is 0 Å². The molecule has 1 N–H and O–H groups in total. The Morgan fingerprint density at radius 3 is 3.00 bits per heavy atom. The van der Waals surface area contributed by atoms with Gasteiger partial charge in [-0.15, -0.1) is 0 Å². The highest BCUT2D eigenvalue weighted by atomic mass is 19.1. The summed E-state index contributed by atoms with van der Waals surface area (Å²) in [6.07, 6.45) is 5.17. The largest absolute Gasteiger partial charge is 0.375 e. The first-order valence-electron chi connectivity index (χ1n) is 7.94. The third-order valence-electron chi connectivity index (χ3n) is 4.32. The van der Waals surface area contributed by atoms with E-state index in [1.54, 1.807) is 12.3 Å². The number of rotatable bonds is 5. The second-order valence-electron chi connectivity index (χ2n) is 6.12. The van der Waals surface area contributed by atoms with Crippen molar-refractivity contribution in [2.75, 3.05) is 18.1 Å². The molecular formula is C16H24FN3O. The van der Waals surface area contributed by atoms with E-state index in [4.69, 9.17) is 4.74 Å². The Balaban J connectivity index is 1.80. The van der Waals surface area contributed by atoms with Crippen molar-refractivity contribution in [2.24, 2.45) is 0 Å². The van der Waals surface area contributed by atoms with Crippen molar-refractivity contribution in [1.29, 1.82) is 0 Å². The van der Waals surface area contributed by atoms with Crippen molar-refractivity contribution in [3.63, 3.8) is 0 Å². The molecule has 0 spiro atoms. The summed E-state index contributed by atoms with van der Waals surface area (Å²) in [7, 11) is 0. The van der Waals surface area contributed by atoms with E-state index in [1.807, 2.05) is 6.92 Å². The van der Waals surface area contributed by atoms with Gasteiger partial charge in [0.25, 0.3) is 0 Å². The lowest BCUT2D eigenvalue weighted by atomic mass is 10.1. The van der Waals surface area contributed by atoms with Gasteiger partial charge >= 0.3 is 0 Å². The number of aromatic nitrogens is 1. The number of pyridine rings is 1. The quantitative estimate of drug-likeness (QED) is 0.905. The van der Waals surface area contributed by atoms with Gasteiger partial charge in [-0.05, 0) is 32.3 Å². The van der Waals surface area contributed by atoms with Crippen LogP contribution in [-0.4, -0.2) is 36.3 Å². The zero-order chi connectivity index (χ0) is 14.8. The molecule has 0 bridgehead atoms. The van der Waals surface area contributed by atoms with Gasteiger partial charge in [-0.1, -0.05) is 6.92 Å². The van der Waals surface area contributed by atoms with Crippen LogP contribution in [0.1, 0.15) is 38.7 Å². The maximum atomic E-state index is 14.8. The minimum Gasteiger partial charge on any atom is -0.375 e. The van der Waals surface area contributed by atoms with Gasteiger partial charge in [-0.25, -0.2) is 9.37 Å². The lowest BCUT2D eigenvalue weighted by molar-refractivity contribution is 0.0293. The molecule has 2 heterocycles. The molecule has 2 aliphatic rings. The molecule has 4 nitrogen and oxygen atoms in total. The molecule has 5 heteroatoms. The molecule has 1 saturated heterocycles. The van der Waals surface area contributed by atoms with E-state index in [9.17, 15) is 4.39 Å². The number of hydrogen-bond donors (Lipinski definition) is 1. The summed E-state index contributed by atoms with van der Waals surface area (Å²) in [5.74, 6) is 0.297. The van der Waals surface area contributed by atoms with Crippen LogP contribution in [0.15, 0.2) is 12.3 Å². The molecule has 0 radical (unpaired) electrons. The summed E-state index contributed by atoms with van der Waals surface area (Å²) in [5.41, 5.74) is 0.709. The van der Waals surface area contributed by atoms with Crippen LogP contribution in [0, 0.1) is 5.82 Å². The highest BCUT2D eigenvalue weighted by Gasteiger charge is 2.29. The number of halogens is 1. The summed E-state index contributed by atoms with van der Waals surface area (Å²) < 4.78 is 20.5. The fraction of sp³-hybridized carbons (Fsp3) is 0.688. The minimum atomic E-state index is -0.182. The van der Waals surface area contributed by atoms with Gasteiger partial charge in [0.1, 0.15) is 0 Å². The summed E-state index contributed by atoms with van der Waals surface area (Å²) in [4.78, 5) is 6.38. The van der Waals surface area contributed by atoms with Crippen LogP contribution in [0.4, 0.5) is 10.2 Å². The van der Waals surface area contributed by atoms with E-state index in [0.29, 0.717) is 37.1 Å².